The Morgan fingerprint density at radius 3 is 2.69 bits per heavy atom. The van der Waals surface area contributed by atoms with Gasteiger partial charge in [0.2, 0.25) is 0 Å². The van der Waals surface area contributed by atoms with E-state index >= 15 is 0 Å². The molecule has 1 aromatic carbocycles. The van der Waals surface area contributed by atoms with E-state index in [2.05, 4.69) is 15.8 Å². The van der Waals surface area contributed by atoms with Crippen LogP contribution in [-0.2, 0) is 11.3 Å². The number of nitrogens with one attached hydrogen (secondary N) is 2. The lowest BCUT2D eigenvalue weighted by molar-refractivity contribution is 0.0989. The highest BCUT2D eigenvalue weighted by molar-refractivity contribution is 5.90. The molecule has 0 spiro atoms. The first kappa shape index (κ1) is 23.0. The van der Waals surface area contributed by atoms with E-state index in [1.807, 2.05) is 18.3 Å². The van der Waals surface area contributed by atoms with Crippen molar-refractivity contribution < 1.29 is 23.2 Å². The number of carbonyl (C=O) groups is 2. The molecule has 182 valence electrons. The Morgan fingerprint density at radius 1 is 1.17 bits per heavy atom. The number of primary amides is 1. The van der Waals surface area contributed by atoms with Crippen LogP contribution in [0.5, 0.6) is 0 Å². The van der Waals surface area contributed by atoms with Crippen LogP contribution in [0.4, 0.5) is 9.18 Å². The zero-order chi connectivity index (χ0) is 24.4. The Morgan fingerprint density at radius 2 is 1.97 bits per heavy atom. The standard InChI is InChI=1S/C25H26FN5O4/c26-18-4-1-15(2-5-18)16-3-6-21(28-11-16)23-20-8-14(7-17(20)12-29-23)10-30-25(33)34-13-19-9-22(24(27)32)31-35-19/h1-6,9,11,14,17,20,23,29H,7-8,10,12-13H2,(H2,27,32)(H,30,33)/t14-,17+,20-,23-/m0/s1. The highest BCUT2D eigenvalue weighted by Gasteiger charge is 2.44. The maximum Gasteiger partial charge on any atom is 0.407 e. The van der Waals surface area contributed by atoms with E-state index < -0.39 is 12.0 Å². The summed E-state index contributed by atoms with van der Waals surface area (Å²) in [5, 5.41) is 9.93. The van der Waals surface area contributed by atoms with Crippen LogP contribution in [0.15, 0.2) is 53.2 Å². The molecule has 1 aliphatic carbocycles. The van der Waals surface area contributed by atoms with Gasteiger partial charge in [-0.15, -0.1) is 0 Å². The SMILES string of the molecule is NC(=O)c1cc(COC(=O)NC[C@H]2C[C@@H]3CN[C@H](c4ccc(-c5ccc(F)cc5)cn4)[C@H]3C2)on1. The number of fused-ring (bicyclic) bond motifs is 1. The second kappa shape index (κ2) is 9.83. The molecule has 1 aliphatic heterocycles. The molecule has 3 heterocycles. The molecule has 2 fully saturated rings. The molecule has 1 saturated carbocycles. The van der Waals surface area contributed by atoms with Gasteiger partial charge in [-0.3, -0.25) is 9.78 Å². The monoisotopic (exact) mass is 479 g/mol. The molecule has 2 amide bonds. The van der Waals surface area contributed by atoms with Crippen molar-refractivity contribution in [1.29, 1.82) is 0 Å². The molecule has 0 unspecified atom stereocenters. The normalized spacial score (nSPS) is 23.1. The molecule has 3 aromatic rings. The van der Waals surface area contributed by atoms with Gasteiger partial charge in [0.1, 0.15) is 5.82 Å². The molecule has 0 bridgehead atoms. The average Bonchev–Trinajstić information content (AvgIpc) is 3.58. The molecule has 4 atom stereocenters. The third-order valence-corrected chi connectivity index (χ3v) is 6.85. The van der Waals surface area contributed by atoms with Gasteiger partial charge in [0.15, 0.2) is 18.1 Å². The van der Waals surface area contributed by atoms with Crippen LogP contribution in [0.25, 0.3) is 11.1 Å². The predicted molar refractivity (Wildman–Crippen MR) is 123 cm³/mol. The lowest BCUT2D eigenvalue weighted by Crippen LogP contribution is -2.30. The van der Waals surface area contributed by atoms with Crippen molar-refractivity contribution in [2.75, 3.05) is 13.1 Å². The Hall–Kier alpha value is -3.79. The minimum absolute atomic E-state index is 0.00995. The first-order valence-corrected chi connectivity index (χ1v) is 11.6. The summed E-state index contributed by atoms with van der Waals surface area (Å²) in [4.78, 5) is 27.8. The number of ether oxygens (including phenoxy) is 1. The Kier molecular flexibility index (Phi) is 6.45. The van der Waals surface area contributed by atoms with Crippen molar-refractivity contribution in [3.05, 3.63) is 71.6 Å². The highest BCUT2D eigenvalue weighted by Crippen LogP contribution is 2.46. The number of alkyl carbamates (subject to hydrolysis) is 1. The topological polar surface area (TPSA) is 132 Å². The first-order chi connectivity index (χ1) is 17.0. The van der Waals surface area contributed by atoms with Gasteiger partial charge in [0.25, 0.3) is 5.91 Å². The van der Waals surface area contributed by atoms with Crippen LogP contribution < -0.4 is 16.4 Å². The van der Waals surface area contributed by atoms with E-state index in [1.54, 1.807) is 12.1 Å². The molecule has 2 aromatic heterocycles. The minimum Gasteiger partial charge on any atom is -0.441 e. The summed E-state index contributed by atoms with van der Waals surface area (Å²) in [7, 11) is 0. The van der Waals surface area contributed by atoms with E-state index in [9.17, 15) is 14.0 Å². The summed E-state index contributed by atoms with van der Waals surface area (Å²) in [5.41, 5.74) is 7.99. The van der Waals surface area contributed by atoms with Crippen LogP contribution in [0, 0.1) is 23.6 Å². The molecule has 4 N–H and O–H groups in total. The number of hydrogen-bond donors (Lipinski definition) is 3. The first-order valence-electron chi connectivity index (χ1n) is 11.6. The molecule has 10 heteroatoms. The lowest BCUT2D eigenvalue weighted by Gasteiger charge is -2.19. The van der Waals surface area contributed by atoms with Gasteiger partial charge < -0.3 is 25.6 Å². The molecule has 5 rings (SSSR count). The highest BCUT2D eigenvalue weighted by atomic mass is 19.1. The fraction of sp³-hybridized carbons (Fsp3) is 0.360. The van der Waals surface area contributed by atoms with Crippen LogP contribution in [-0.4, -0.2) is 35.2 Å². The number of hydrogen-bond acceptors (Lipinski definition) is 7. The number of amides is 2. The molecule has 2 aliphatic rings. The number of carbonyl (C=O) groups excluding carboxylic acids is 2. The van der Waals surface area contributed by atoms with Crippen LogP contribution in [0.3, 0.4) is 0 Å². The zero-order valence-corrected chi connectivity index (χ0v) is 18.9. The van der Waals surface area contributed by atoms with Crippen molar-refractivity contribution in [3.63, 3.8) is 0 Å². The Balaban J connectivity index is 1.11. The molecule has 1 saturated heterocycles. The van der Waals surface area contributed by atoms with Gasteiger partial charge in [-0.1, -0.05) is 23.4 Å². The number of nitrogens with zero attached hydrogens (tertiary/aromatic N) is 2. The molecule has 35 heavy (non-hydrogen) atoms. The zero-order valence-electron chi connectivity index (χ0n) is 18.9. The van der Waals surface area contributed by atoms with Crippen LogP contribution in [0.1, 0.15) is 40.8 Å². The van der Waals surface area contributed by atoms with Gasteiger partial charge in [-0.2, -0.15) is 0 Å². The summed E-state index contributed by atoms with van der Waals surface area (Å²) in [6.07, 6.45) is 3.29. The van der Waals surface area contributed by atoms with Crippen LogP contribution >= 0.6 is 0 Å². The maximum absolute atomic E-state index is 13.2. The van der Waals surface area contributed by atoms with Crippen molar-refractivity contribution in [2.45, 2.75) is 25.5 Å². The molecular weight excluding hydrogens is 453 g/mol. The fourth-order valence-corrected chi connectivity index (χ4v) is 5.15. The number of benzene rings is 1. The quantitative estimate of drug-likeness (QED) is 0.474. The Bertz CT molecular complexity index is 1200. The summed E-state index contributed by atoms with van der Waals surface area (Å²) >= 11 is 0. The number of pyridine rings is 1. The molecule has 9 nitrogen and oxygen atoms in total. The third kappa shape index (κ3) is 5.17. The van der Waals surface area contributed by atoms with Crippen molar-refractivity contribution in [3.8, 4) is 11.1 Å². The number of nitrogens with two attached hydrogens (primary N) is 1. The Labute approximate surface area is 201 Å². The van der Waals surface area contributed by atoms with E-state index in [-0.39, 0.29) is 29.9 Å². The van der Waals surface area contributed by atoms with Crippen molar-refractivity contribution in [1.82, 2.24) is 20.8 Å². The fourth-order valence-electron chi connectivity index (χ4n) is 5.15. The minimum atomic E-state index is -0.706. The smallest absolute Gasteiger partial charge is 0.407 e. The van der Waals surface area contributed by atoms with Gasteiger partial charge in [0, 0.05) is 24.4 Å². The van der Waals surface area contributed by atoms with Gasteiger partial charge in [-0.05, 0) is 60.9 Å². The molecule has 0 radical (unpaired) electrons. The summed E-state index contributed by atoms with van der Waals surface area (Å²) in [6.45, 7) is 1.32. The van der Waals surface area contributed by atoms with E-state index in [0.717, 1.165) is 36.2 Å². The largest absolute Gasteiger partial charge is 0.441 e. The van der Waals surface area contributed by atoms with Crippen molar-refractivity contribution >= 4 is 12.0 Å². The predicted octanol–water partition coefficient (Wildman–Crippen LogP) is 3.19. The summed E-state index contributed by atoms with van der Waals surface area (Å²) in [6, 6.07) is 12.0. The number of aromatic nitrogens is 2. The summed E-state index contributed by atoms with van der Waals surface area (Å²) < 4.78 is 23.2. The van der Waals surface area contributed by atoms with E-state index in [1.165, 1.54) is 18.2 Å². The van der Waals surface area contributed by atoms with Crippen molar-refractivity contribution in [2.24, 2.45) is 23.5 Å². The molecular formula is C25H26FN5O4. The van der Waals surface area contributed by atoms with E-state index in [4.69, 9.17) is 20.0 Å². The van der Waals surface area contributed by atoms with Crippen LogP contribution in [0.2, 0.25) is 0 Å². The van der Waals surface area contributed by atoms with Gasteiger partial charge in [0.05, 0.1) is 11.7 Å². The lowest BCUT2D eigenvalue weighted by atomic mass is 9.91. The summed E-state index contributed by atoms with van der Waals surface area (Å²) in [5.74, 6) is 0.615. The van der Waals surface area contributed by atoms with E-state index in [0.29, 0.717) is 24.3 Å². The van der Waals surface area contributed by atoms with Gasteiger partial charge >= 0.3 is 6.09 Å². The number of rotatable bonds is 7. The third-order valence-electron chi connectivity index (χ3n) is 6.85. The number of halogens is 1. The second-order valence-electron chi connectivity index (χ2n) is 9.13. The average molecular weight is 480 g/mol. The second-order valence-corrected chi connectivity index (χ2v) is 9.13. The maximum atomic E-state index is 13.2. The van der Waals surface area contributed by atoms with Gasteiger partial charge in [-0.25, -0.2) is 9.18 Å².